The van der Waals surface area contributed by atoms with E-state index in [0.29, 0.717) is 5.15 Å². The lowest BCUT2D eigenvalue weighted by Crippen LogP contribution is -2.25. The van der Waals surface area contributed by atoms with E-state index < -0.39 is 0 Å². The second-order valence-electron chi connectivity index (χ2n) is 4.55. The smallest absolute Gasteiger partial charge is 0.137 e. The molecule has 2 aromatic heterocycles. The van der Waals surface area contributed by atoms with Gasteiger partial charge in [-0.15, -0.1) is 0 Å². The van der Waals surface area contributed by atoms with E-state index in [0.717, 1.165) is 43.0 Å². The van der Waals surface area contributed by atoms with E-state index in [4.69, 9.17) is 11.6 Å². The van der Waals surface area contributed by atoms with Gasteiger partial charge in [0.2, 0.25) is 0 Å². The largest absolute Gasteiger partial charge is 0.351 e. The van der Waals surface area contributed by atoms with Crippen LogP contribution >= 0.6 is 11.6 Å². The lowest BCUT2D eigenvalue weighted by molar-refractivity contribution is 0.773. The van der Waals surface area contributed by atoms with Gasteiger partial charge < -0.3 is 4.90 Å². The van der Waals surface area contributed by atoms with Gasteiger partial charge in [-0.1, -0.05) is 31.0 Å². The van der Waals surface area contributed by atoms with Crippen molar-refractivity contribution in [3.63, 3.8) is 0 Å². The van der Waals surface area contributed by atoms with E-state index in [2.05, 4.69) is 33.7 Å². The summed E-state index contributed by atoms with van der Waals surface area (Å²) in [5.41, 5.74) is 2.04. The molecule has 20 heavy (non-hydrogen) atoms. The molecule has 0 aliphatic carbocycles. The first kappa shape index (κ1) is 14.7. The van der Waals surface area contributed by atoms with Crippen LogP contribution in [0, 0.1) is 0 Å². The van der Waals surface area contributed by atoms with Crippen molar-refractivity contribution < 1.29 is 0 Å². The van der Waals surface area contributed by atoms with Crippen LogP contribution in [0.4, 0.5) is 5.82 Å². The molecule has 4 nitrogen and oxygen atoms in total. The van der Waals surface area contributed by atoms with Crippen LogP contribution in [0.3, 0.4) is 0 Å². The molecule has 0 saturated carbocycles. The van der Waals surface area contributed by atoms with E-state index in [1.165, 1.54) is 6.33 Å². The average molecular weight is 291 g/mol. The average Bonchev–Trinajstić information content (AvgIpc) is 2.48. The van der Waals surface area contributed by atoms with Crippen LogP contribution in [-0.2, 0) is 13.0 Å². The van der Waals surface area contributed by atoms with Crippen LogP contribution in [-0.4, -0.2) is 21.5 Å². The molecule has 0 radical (unpaired) electrons. The van der Waals surface area contributed by atoms with Crippen LogP contribution in [0.25, 0.3) is 0 Å². The van der Waals surface area contributed by atoms with Crippen molar-refractivity contribution in [2.45, 2.75) is 33.2 Å². The van der Waals surface area contributed by atoms with Gasteiger partial charge in [-0.3, -0.25) is 4.98 Å². The van der Waals surface area contributed by atoms with Crippen LogP contribution in [0.1, 0.15) is 31.5 Å². The molecule has 0 unspecified atom stereocenters. The quantitative estimate of drug-likeness (QED) is 0.764. The molecule has 0 fully saturated rings. The van der Waals surface area contributed by atoms with Gasteiger partial charge in [0.15, 0.2) is 0 Å². The zero-order valence-electron chi connectivity index (χ0n) is 11.9. The van der Waals surface area contributed by atoms with Crippen LogP contribution < -0.4 is 4.90 Å². The van der Waals surface area contributed by atoms with Gasteiger partial charge in [-0.25, -0.2) is 9.97 Å². The summed E-state index contributed by atoms with van der Waals surface area (Å²) in [4.78, 5) is 15.1. The van der Waals surface area contributed by atoms with Gasteiger partial charge in [0.1, 0.15) is 17.3 Å². The first-order valence-corrected chi connectivity index (χ1v) is 7.28. The topological polar surface area (TPSA) is 41.9 Å². The number of pyridine rings is 1. The van der Waals surface area contributed by atoms with E-state index in [9.17, 15) is 0 Å². The number of anilines is 1. The Labute approximate surface area is 124 Å². The SMILES string of the molecule is CCCc1c(Cl)ncnc1N(CC)Cc1ccccn1. The molecule has 0 spiro atoms. The first-order chi connectivity index (χ1) is 9.76. The highest BCUT2D eigenvalue weighted by Crippen LogP contribution is 2.25. The zero-order chi connectivity index (χ0) is 14.4. The van der Waals surface area contributed by atoms with Crippen molar-refractivity contribution in [2.24, 2.45) is 0 Å². The van der Waals surface area contributed by atoms with E-state index in [-0.39, 0.29) is 0 Å². The highest BCUT2D eigenvalue weighted by atomic mass is 35.5. The standard InChI is InChI=1S/C15H19ClN4/c1-3-7-13-14(16)18-11-19-15(13)20(4-2)10-12-8-5-6-9-17-12/h5-6,8-9,11H,3-4,7,10H2,1-2H3. The zero-order valence-corrected chi connectivity index (χ0v) is 12.6. The number of hydrogen-bond donors (Lipinski definition) is 0. The van der Waals surface area contributed by atoms with Crippen LogP contribution in [0.15, 0.2) is 30.7 Å². The maximum Gasteiger partial charge on any atom is 0.137 e. The fourth-order valence-corrected chi connectivity index (χ4v) is 2.37. The van der Waals surface area contributed by atoms with Gasteiger partial charge in [0.25, 0.3) is 0 Å². The Morgan fingerprint density at radius 2 is 2.00 bits per heavy atom. The third-order valence-electron chi connectivity index (χ3n) is 3.13. The highest BCUT2D eigenvalue weighted by molar-refractivity contribution is 6.30. The minimum absolute atomic E-state index is 0.552. The van der Waals surface area contributed by atoms with Crippen molar-refractivity contribution in [1.82, 2.24) is 15.0 Å². The summed E-state index contributed by atoms with van der Waals surface area (Å²) in [7, 11) is 0. The molecule has 0 aliphatic heterocycles. The molecule has 0 bridgehead atoms. The van der Waals surface area contributed by atoms with Crippen LogP contribution in [0.5, 0.6) is 0 Å². The summed E-state index contributed by atoms with van der Waals surface area (Å²) >= 11 is 6.22. The second kappa shape index (κ2) is 7.20. The van der Waals surface area contributed by atoms with Crippen molar-refractivity contribution in [3.8, 4) is 0 Å². The number of nitrogens with zero attached hydrogens (tertiary/aromatic N) is 4. The summed E-state index contributed by atoms with van der Waals surface area (Å²) in [6.45, 7) is 5.80. The highest BCUT2D eigenvalue weighted by Gasteiger charge is 2.15. The van der Waals surface area contributed by atoms with Gasteiger partial charge in [0, 0.05) is 18.3 Å². The number of rotatable bonds is 6. The molecule has 5 heteroatoms. The molecule has 0 saturated heterocycles. The van der Waals surface area contributed by atoms with Crippen molar-refractivity contribution in [1.29, 1.82) is 0 Å². The van der Waals surface area contributed by atoms with Crippen molar-refractivity contribution in [2.75, 3.05) is 11.4 Å². The Morgan fingerprint density at radius 1 is 1.15 bits per heavy atom. The lowest BCUT2D eigenvalue weighted by atomic mass is 10.1. The molecular weight excluding hydrogens is 272 g/mol. The lowest BCUT2D eigenvalue weighted by Gasteiger charge is -2.24. The number of hydrogen-bond acceptors (Lipinski definition) is 4. The Kier molecular flexibility index (Phi) is 5.30. The van der Waals surface area contributed by atoms with Gasteiger partial charge in [-0.2, -0.15) is 0 Å². The molecule has 0 atom stereocenters. The monoisotopic (exact) mass is 290 g/mol. The molecule has 2 aromatic rings. The van der Waals surface area contributed by atoms with Crippen molar-refractivity contribution in [3.05, 3.63) is 47.1 Å². The van der Waals surface area contributed by atoms with Crippen LogP contribution in [0.2, 0.25) is 5.15 Å². The predicted molar refractivity (Wildman–Crippen MR) is 82.0 cm³/mol. The first-order valence-electron chi connectivity index (χ1n) is 6.90. The normalized spacial score (nSPS) is 10.6. The maximum atomic E-state index is 6.22. The summed E-state index contributed by atoms with van der Waals surface area (Å²) in [5.74, 6) is 0.917. The summed E-state index contributed by atoms with van der Waals surface area (Å²) in [6, 6.07) is 5.94. The Bertz CT molecular complexity index is 545. The minimum Gasteiger partial charge on any atom is -0.351 e. The minimum atomic E-state index is 0.552. The van der Waals surface area contributed by atoms with E-state index >= 15 is 0 Å². The maximum absolute atomic E-state index is 6.22. The number of aromatic nitrogens is 3. The molecule has 0 aromatic carbocycles. The molecule has 0 aliphatic rings. The molecule has 2 heterocycles. The third kappa shape index (κ3) is 3.45. The second-order valence-corrected chi connectivity index (χ2v) is 4.91. The Hall–Kier alpha value is -1.68. The van der Waals surface area contributed by atoms with Gasteiger partial charge in [-0.05, 0) is 25.5 Å². The summed E-state index contributed by atoms with van der Waals surface area (Å²) in [6.07, 6.45) is 5.23. The molecular formula is C15H19ClN4. The summed E-state index contributed by atoms with van der Waals surface area (Å²) < 4.78 is 0. The third-order valence-corrected chi connectivity index (χ3v) is 3.46. The molecule has 106 valence electrons. The molecule has 2 rings (SSSR count). The predicted octanol–water partition coefficient (Wildman–Crippen LogP) is 3.50. The van der Waals surface area contributed by atoms with E-state index in [1.54, 1.807) is 0 Å². The Balaban J connectivity index is 2.29. The Morgan fingerprint density at radius 3 is 2.65 bits per heavy atom. The fraction of sp³-hybridized carbons (Fsp3) is 0.400. The number of halogens is 1. The van der Waals surface area contributed by atoms with Gasteiger partial charge in [0.05, 0.1) is 12.2 Å². The van der Waals surface area contributed by atoms with Crippen molar-refractivity contribution >= 4 is 17.4 Å². The summed E-state index contributed by atoms with van der Waals surface area (Å²) in [5, 5.41) is 0.552. The molecule has 0 N–H and O–H groups in total. The molecule has 0 amide bonds. The van der Waals surface area contributed by atoms with E-state index in [1.807, 2.05) is 24.4 Å². The fourth-order valence-electron chi connectivity index (χ4n) is 2.14. The van der Waals surface area contributed by atoms with Gasteiger partial charge >= 0.3 is 0 Å².